The highest BCUT2D eigenvalue weighted by Gasteiger charge is 2.13. The normalized spacial score (nSPS) is 11.1. The molecule has 0 aliphatic heterocycles. The monoisotopic (exact) mass is 377 g/mol. The molecule has 0 radical (unpaired) electrons. The van der Waals surface area contributed by atoms with E-state index >= 15 is 0 Å². The molecule has 0 aliphatic carbocycles. The van der Waals surface area contributed by atoms with Gasteiger partial charge in [0.1, 0.15) is 5.75 Å². The molecule has 27 heavy (non-hydrogen) atoms. The number of halogens is 1. The summed E-state index contributed by atoms with van der Waals surface area (Å²) in [5.41, 5.74) is 3.94. The number of amides is 1. The Morgan fingerprint density at radius 3 is 2.33 bits per heavy atom. The number of nitrogens with one attached hydrogen (secondary N) is 1. The Morgan fingerprint density at radius 1 is 1.00 bits per heavy atom. The second-order valence-electron chi connectivity index (χ2n) is 6.12. The van der Waals surface area contributed by atoms with Gasteiger partial charge in [-0.1, -0.05) is 60.1 Å². The minimum Gasteiger partial charge on any atom is -0.497 e. The number of rotatable bonds is 5. The lowest BCUT2D eigenvalue weighted by Crippen LogP contribution is -2.13. The van der Waals surface area contributed by atoms with Crippen molar-refractivity contribution in [2.24, 2.45) is 0 Å². The third kappa shape index (κ3) is 4.78. The zero-order valence-corrected chi connectivity index (χ0v) is 16.0. The number of methoxy groups -OCH3 is 1. The molecule has 0 bridgehead atoms. The van der Waals surface area contributed by atoms with Gasteiger partial charge >= 0.3 is 0 Å². The van der Waals surface area contributed by atoms with E-state index in [4.69, 9.17) is 16.3 Å². The van der Waals surface area contributed by atoms with Gasteiger partial charge in [-0.05, 0) is 54.0 Å². The van der Waals surface area contributed by atoms with Crippen molar-refractivity contribution >= 4 is 34.8 Å². The van der Waals surface area contributed by atoms with E-state index in [-0.39, 0.29) is 5.91 Å². The molecule has 0 heterocycles. The van der Waals surface area contributed by atoms with E-state index in [0.29, 0.717) is 16.3 Å². The molecule has 0 saturated carbocycles. The van der Waals surface area contributed by atoms with Crippen molar-refractivity contribution in [3.63, 3.8) is 0 Å². The van der Waals surface area contributed by atoms with Crippen LogP contribution in [0.2, 0.25) is 5.02 Å². The predicted molar refractivity (Wildman–Crippen MR) is 112 cm³/mol. The number of benzene rings is 3. The molecule has 3 aromatic rings. The van der Waals surface area contributed by atoms with Crippen LogP contribution in [0.15, 0.2) is 72.8 Å². The molecular weight excluding hydrogens is 358 g/mol. The summed E-state index contributed by atoms with van der Waals surface area (Å²) in [7, 11) is 1.63. The Kier molecular flexibility index (Phi) is 5.94. The van der Waals surface area contributed by atoms with Crippen LogP contribution >= 0.6 is 11.6 Å². The van der Waals surface area contributed by atoms with Gasteiger partial charge in [0.2, 0.25) is 0 Å². The van der Waals surface area contributed by atoms with E-state index in [1.54, 1.807) is 13.2 Å². The van der Waals surface area contributed by atoms with Gasteiger partial charge in [-0.2, -0.15) is 0 Å². The smallest absolute Gasteiger partial charge is 0.256 e. The van der Waals surface area contributed by atoms with Crippen LogP contribution < -0.4 is 10.1 Å². The number of carbonyl (C=O) groups excluding carboxylic acids is 1. The Labute approximate surface area is 164 Å². The Hall–Kier alpha value is -3.04. The standard InChI is InChI=1S/C23H20ClNO2/c1-16-8-11-19(15-22(16)24)25-23(26)21(18-6-4-3-5-7-18)14-17-9-12-20(27-2)13-10-17/h3-15H,1-2H3,(H,25,26). The van der Waals surface area contributed by atoms with E-state index < -0.39 is 0 Å². The van der Waals surface area contributed by atoms with E-state index in [2.05, 4.69) is 5.32 Å². The van der Waals surface area contributed by atoms with Gasteiger partial charge in [0.05, 0.1) is 7.11 Å². The molecule has 0 unspecified atom stereocenters. The predicted octanol–water partition coefficient (Wildman–Crippen LogP) is 5.84. The zero-order chi connectivity index (χ0) is 19.2. The van der Waals surface area contributed by atoms with Crippen LogP contribution in [0.3, 0.4) is 0 Å². The number of hydrogen-bond donors (Lipinski definition) is 1. The Morgan fingerprint density at radius 2 is 1.70 bits per heavy atom. The molecule has 0 aromatic heterocycles. The first-order valence-electron chi connectivity index (χ1n) is 8.55. The summed E-state index contributed by atoms with van der Waals surface area (Å²) in [6.45, 7) is 1.92. The van der Waals surface area contributed by atoms with Crippen molar-refractivity contribution in [2.45, 2.75) is 6.92 Å². The molecule has 1 amide bonds. The van der Waals surface area contributed by atoms with Crippen LogP contribution in [0.4, 0.5) is 5.69 Å². The highest BCUT2D eigenvalue weighted by molar-refractivity contribution is 6.32. The van der Waals surface area contributed by atoms with Crippen LogP contribution in [-0.2, 0) is 4.79 Å². The lowest BCUT2D eigenvalue weighted by atomic mass is 10.0. The summed E-state index contributed by atoms with van der Waals surface area (Å²) in [6, 6.07) is 22.6. The maximum absolute atomic E-state index is 13.0. The van der Waals surface area contributed by atoms with Gasteiger partial charge < -0.3 is 10.1 Å². The van der Waals surface area contributed by atoms with Crippen LogP contribution in [0.1, 0.15) is 16.7 Å². The molecule has 0 atom stereocenters. The van der Waals surface area contributed by atoms with Crippen LogP contribution in [0, 0.1) is 6.92 Å². The molecule has 0 fully saturated rings. The summed E-state index contributed by atoms with van der Waals surface area (Å²) >= 11 is 6.17. The van der Waals surface area contributed by atoms with Crippen LogP contribution in [-0.4, -0.2) is 13.0 Å². The lowest BCUT2D eigenvalue weighted by molar-refractivity contribution is -0.111. The fraction of sp³-hybridized carbons (Fsp3) is 0.0870. The minimum atomic E-state index is -0.197. The van der Waals surface area contributed by atoms with Crippen molar-refractivity contribution in [3.05, 3.63) is 94.5 Å². The van der Waals surface area contributed by atoms with E-state index in [9.17, 15) is 4.79 Å². The zero-order valence-electron chi connectivity index (χ0n) is 15.2. The maximum Gasteiger partial charge on any atom is 0.256 e. The number of carbonyl (C=O) groups is 1. The average molecular weight is 378 g/mol. The molecule has 3 rings (SSSR count). The molecule has 0 spiro atoms. The molecular formula is C23H20ClNO2. The van der Waals surface area contributed by atoms with E-state index in [0.717, 1.165) is 22.4 Å². The van der Waals surface area contributed by atoms with Gasteiger partial charge in [0.15, 0.2) is 0 Å². The molecule has 3 aromatic carbocycles. The second kappa shape index (κ2) is 8.56. The molecule has 136 valence electrons. The number of anilines is 1. The summed E-state index contributed by atoms with van der Waals surface area (Å²) in [5.74, 6) is 0.573. The Balaban J connectivity index is 1.94. The lowest BCUT2D eigenvalue weighted by Gasteiger charge is -2.11. The van der Waals surface area contributed by atoms with Crippen molar-refractivity contribution in [1.29, 1.82) is 0 Å². The summed E-state index contributed by atoms with van der Waals surface area (Å²) in [6.07, 6.45) is 1.86. The van der Waals surface area contributed by atoms with E-state index in [1.807, 2.05) is 79.7 Å². The fourth-order valence-electron chi connectivity index (χ4n) is 2.63. The summed E-state index contributed by atoms with van der Waals surface area (Å²) < 4.78 is 5.19. The molecule has 3 nitrogen and oxygen atoms in total. The Bertz CT molecular complexity index is 963. The summed E-state index contributed by atoms with van der Waals surface area (Å²) in [4.78, 5) is 13.0. The minimum absolute atomic E-state index is 0.197. The summed E-state index contributed by atoms with van der Waals surface area (Å²) in [5, 5.41) is 3.55. The first kappa shape index (κ1) is 18.7. The SMILES string of the molecule is COc1ccc(C=C(C(=O)Nc2ccc(C)c(Cl)c2)c2ccccc2)cc1. The van der Waals surface area contributed by atoms with Gasteiger partial charge in [-0.15, -0.1) is 0 Å². The fourth-order valence-corrected chi connectivity index (χ4v) is 2.81. The van der Waals surface area contributed by atoms with Crippen molar-refractivity contribution < 1.29 is 9.53 Å². The van der Waals surface area contributed by atoms with Gasteiger partial charge in [0, 0.05) is 16.3 Å². The molecule has 0 aliphatic rings. The quantitative estimate of drug-likeness (QED) is 0.448. The highest BCUT2D eigenvalue weighted by Crippen LogP contribution is 2.24. The van der Waals surface area contributed by atoms with Crippen molar-refractivity contribution in [1.82, 2.24) is 0 Å². The van der Waals surface area contributed by atoms with Crippen molar-refractivity contribution in [3.8, 4) is 5.75 Å². The van der Waals surface area contributed by atoms with E-state index in [1.165, 1.54) is 0 Å². The first-order chi connectivity index (χ1) is 13.1. The first-order valence-corrected chi connectivity index (χ1v) is 8.93. The number of ether oxygens (including phenoxy) is 1. The van der Waals surface area contributed by atoms with Gasteiger partial charge in [0.25, 0.3) is 5.91 Å². The molecule has 4 heteroatoms. The van der Waals surface area contributed by atoms with Gasteiger partial charge in [-0.25, -0.2) is 0 Å². The van der Waals surface area contributed by atoms with Crippen LogP contribution in [0.5, 0.6) is 5.75 Å². The maximum atomic E-state index is 13.0. The largest absolute Gasteiger partial charge is 0.497 e. The third-order valence-corrected chi connectivity index (χ3v) is 4.59. The number of hydrogen-bond acceptors (Lipinski definition) is 2. The molecule has 0 saturated heterocycles. The third-order valence-electron chi connectivity index (χ3n) is 4.19. The second-order valence-corrected chi connectivity index (χ2v) is 6.52. The van der Waals surface area contributed by atoms with Gasteiger partial charge in [-0.3, -0.25) is 4.79 Å². The average Bonchev–Trinajstić information content (AvgIpc) is 2.70. The molecule has 1 N–H and O–H groups in total. The van der Waals surface area contributed by atoms with Crippen LogP contribution in [0.25, 0.3) is 11.6 Å². The topological polar surface area (TPSA) is 38.3 Å². The number of aryl methyl sites for hydroxylation is 1. The highest BCUT2D eigenvalue weighted by atomic mass is 35.5. The van der Waals surface area contributed by atoms with Crippen molar-refractivity contribution in [2.75, 3.05) is 12.4 Å².